The van der Waals surface area contributed by atoms with Crippen LogP contribution in [0.25, 0.3) is 0 Å². The Morgan fingerprint density at radius 2 is 1.68 bits per heavy atom. The second-order valence-electron chi connectivity index (χ2n) is 8.79. The van der Waals surface area contributed by atoms with Crippen molar-refractivity contribution in [1.82, 2.24) is 14.9 Å². The summed E-state index contributed by atoms with van der Waals surface area (Å²) < 4.78 is 54.2. The van der Waals surface area contributed by atoms with Gasteiger partial charge in [0.1, 0.15) is 22.6 Å². The van der Waals surface area contributed by atoms with Gasteiger partial charge >= 0.3 is 0 Å². The zero-order valence-corrected chi connectivity index (χ0v) is 19.4. The van der Waals surface area contributed by atoms with Gasteiger partial charge in [0.25, 0.3) is 0 Å². The molecule has 1 unspecified atom stereocenters. The van der Waals surface area contributed by atoms with Crippen LogP contribution in [0.4, 0.5) is 8.78 Å². The van der Waals surface area contributed by atoms with E-state index in [2.05, 4.69) is 10.6 Å². The highest BCUT2D eigenvalue weighted by atomic mass is 32.2. The molecule has 0 spiro atoms. The van der Waals surface area contributed by atoms with Crippen LogP contribution in [-0.4, -0.2) is 49.7 Å². The third-order valence-corrected chi connectivity index (χ3v) is 8.09. The SMILES string of the molecule is O=C(NC(Cc1ccccc1)C(=O)NC1CC1)C1CCN(S(=O)(=O)c2cc(F)ccc2F)CC1. The lowest BCUT2D eigenvalue weighted by atomic mass is 9.96. The number of rotatable bonds is 8. The highest BCUT2D eigenvalue weighted by Crippen LogP contribution is 2.26. The van der Waals surface area contributed by atoms with Gasteiger partial charge in [-0.3, -0.25) is 9.59 Å². The largest absolute Gasteiger partial charge is 0.352 e. The summed E-state index contributed by atoms with van der Waals surface area (Å²) in [6.07, 6.45) is 2.62. The highest BCUT2D eigenvalue weighted by molar-refractivity contribution is 7.89. The molecule has 2 amide bonds. The van der Waals surface area contributed by atoms with E-state index < -0.39 is 38.5 Å². The molecule has 2 aliphatic rings. The van der Waals surface area contributed by atoms with E-state index in [1.165, 1.54) is 0 Å². The van der Waals surface area contributed by atoms with Crippen LogP contribution in [-0.2, 0) is 26.0 Å². The zero-order chi connectivity index (χ0) is 24.3. The molecule has 4 rings (SSSR count). The second-order valence-corrected chi connectivity index (χ2v) is 10.7. The fourth-order valence-corrected chi connectivity index (χ4v) is 5.60. The summed E-state index contributed by atoms with van der Waals surface area (Å²) >= 11 is 0. The van der Waals surface area contributed by atoms with E-state index >= 15 is 0 Å². The Labute approximate surface area is 197 Å². The molecule has 7 nitrogen and oxygen atoms in total. The predicted molar refractivity (Wildman–Crippen MR) is 121 cm³/mol. The summed E-state index contributed by atoms with van der Waals surface area (Å²) in [5.74, 6) is -2.91. The third-order valence-electron chi connectivity index (χ3n) is 6.18. The Bertz CT molecular complexity index is 1150. The van der Waals surface area contributed by atoms with E-state index in [-0.39, 0.29) is 43.8 Å². The monoisotopic (exact) mass is 491 g/mol. The van der Waals surface area contributed by atoms with Gasteiger partial charge in [0.05, 0.1) is 0 Å². The quantitative estimate of drug-likeness (QED) is 0.593. The van der Waals surface area contributed by atoms with E-state index in [4.69, 9.17) is 0 Å². The predicted octanol–water partition coefficient (Wildman–Crippen LogP) is 2.37. The number of piperidine rings is 1. The summed E-state index contributed by atoms with van der Waals surface area (Å²) in [5.41, 5.74) is 0.914. The number of hydrogen-bond donors (Lipinski definition) is 2. The summed E-state index contributed by atoms with van der Waals surface area (Å²) in [4.78, 5) is 25.0. The van der Waals surface area contributed by atoms with Crippen molar-refractivity contribution < 1.29 is 26.8 Å². The number of benzene rings is 2. The van der Waals surface area contributed by atoms with Gasteiger partial charge in [-0.25, -0.2) is 17.2 Å². The third kappa shape index (κ3) is 5.79. The van der Waals surface area contributed by atoms with Gasteiger partial charge in [0, 0.05) is 31.5 Å². The van der Waals surface area contributed by atoms with Gasteiger partial charge in [-0.15, -0.1) is 0 Å². The van der Waals surface area contributed by atoms with Gasteiger partial charge < -0.3 is 10.6 Å². The van der Waals surface area contributed by atoms with Gasteiger partial charge in [-0.1, -0.05) is 30.3 Å². The van der Waals surface area contributed by atoms with Crippen molar-refractivity contribution in [3.05, 3.63) is 65.7 Å². The molecule has 2 fully saturated rings. The number of carbonyl (C=O) groups is 2. The fraction of sp³-hybridized carbons (Fsp3) is 0.417. The Balaban J connectivity index is 1.39. The molecule has 0 radical (unpaired) electrons. The van der Waals surface area contributed by atoms with Crippen molar-refractivity contribution in [2.24, 2.45) is 5.92 Å². The molecule has 1 saturated heterocycles. The van der Waals surface area contributed by atoms with Crippen LogP contribution >= 0.6 is 0 Å². The van der Waals surface area contributed by atoms with Gasteiger partial charge in [0.2, 0.25) is 21.8 Å². The van der Waals surface area contributed by atoms with Crippen LogP contribution in [0.3, 0.4) is 0 Å². The lowest BCUT2D eigenvalue weighted by molar-refractivity contribution is -0.131. The van der Waals surface area contributed by atoms with Crippen molar-refractivity contribution >= 4 is 21.8 Å². The minimum atomic E-state index is -4.23. The number of hydrogen-bond acceptors (Lipinski definition) is 4. The normalized spacial score (nSPS) is 18.3. The maximum atomic E-state index is 14.0. The first-order valence-electron chi connectivity index (χ1n) is 11.3. The Hall–Kier alpha value is -2.85. The van der Waals surface area contributed by atoms with Gasteiger partial charge in [-0.2, -0.15) is 4.31 Å². The van der Waals surface area contributed by atoms with Crippen molar-refractivity contribution in [2.75, 3.05) is 13.1 Å². The Kier molecular flexibility index (Phi) is 7.27. The van der Waals surface area contributed by atoms with E-state index in [9.17, 15) is 26.8 Å². The summed E-state index contributed by atoms with van der Waals surface area (Å²) in [6, 6.07) is 11.1. The van der Waals surface area contributed by atoms with E-state index in [0.717, 1.165) is 34.8 Å². The first kappa shape index (κ1) is 24.3. The first-order chi connectivity index (χ1) is 16.2. The molecule has 0 bridgehead atoms. The Morgan fingerprint density at radius 1 is 1.00 bits per heavy atom. The van der Waals surface area contributed by atoms with Crippen molar-refractivity contribution in [1.29, 1.82) is 0 Å². The summed E-state index contributed by atoms with van der Waals surface area (Å²) in [5, 5.41) is 5.77. The highest BCUT2D eigenvalue weighted by Gasteiger charge is 2.35. The van der Waals surface area contributed by atoms with Gasteiger partial charge in [0.15, 0.2) is 0 Å². The molecule has 1 aliphatic carbocycles. The second kappa shape index (κ2) is 10.2. The van der Waals surface area contributed by atoms with Crippen LogP contribution in [0, 0.1) is 17.6 Å². The molecule has 182 valence electrons. The van der Waals surface area contributed by atoms with Crippen LogP contribution < -0.4 is 10.6 Å². The standard InChI is InChI=1S/C24H27F2N3O4S/c25-18-6-9-20(26)22(15-18)34(32,33)29-12-10-17(11-13-29)23(30)28-21(24(31)27-19-7-8-19)14-16-4-2-1-3-5-16/h1-6,9,15,17,19,21H,7-8,10-14H2,(H,27,31)(H,28,30). The van der Waals surface area contributed by atoms with Crippen molar-refractivity contribution in [3.8, 4) is 0 Å². The molecule has 1 heterocycles. The molecule has 2 aromatic carbocycles. The number of halogens is 2. The van der Waals surface area contributed by atoms with Crippen LogP contribution in [0.1, 0.15) is 31.2 Å². The van der Waals surface area contributed by atoms with Crippen molar-refractivity contribution in [3.63, 3.8) is 0 Å². The number of carbonyl (C=O) groups excluding carboxylic acids is 2. The molecular weight excluding hydrogens is 464 g/mol. The topological polar surface area (TPSA) is 95.6 Å². The maximum Gasteiger partial charge on any atom is 0.246 e. The van der Waals surface area contributed by atoms with Crippen LogP contribution in [0.15, 0.2) is 53.4 Å². The molecule has 1 atom stereocenters. The number of nitrogens with zero attached hydrogens (tertiary/aromatic N) is 1. The fourth-order valence-electron chi connectivity index (χ4n) is 4.05. The smallest absolute Gasteiger partial charge is 0.246 e. The number of amides is 2. The number of nitrogens with one attached hydrogen (secondary N) is 2. The molecule has 2 N–H and O–H groups in total. The van der Waals surface area contributed by atoms with Crippen molar-refractivity contribution in [2.45, 2.75) is 49.1 Å². The zero-order valence-electron chi connectivity index (χ0n) is 18.5. The average Bonchev–Trinajstić information content (AvgIpc) is 3.65. The lowest BCUT2D eigenvalue weighted by Crippen LogP contribution is -2.51. The van der Waals surface area contributed by atoms with Gasteiger partial charge in [-0.05, 0) is 49.4 Å². The molecule has 2 aromatic rings. The number of sulfonamides is 1. The molecule has 1 aliphatic heterocycles. The minimum Gasteiger partial charge on any atom is -0.352 e. The summed E-state index contributed by atoms with van der Waals surface area (Å²) in [6.45, 7) is -0.0119. The maximum absolute atomic E-state index is 14.0. The van der Waals surface area contributed by atoms with E-state index in [0.29, 0.717) is 12.5 Å². The molecule has 0 aromatic heterocycles. The minimum absolute atomic E-state index is 0.00596. The molecule has 10 heteroatoms. The summed E-state index contributed by atoms with van der Waals surface area (Å²) in [7, 11) is -4.23. The molecular formula is C24H27F2N3O4S. The van der Waals surface area contributed by atoms with E-state index in [1.807, 2.05) is 30.3 Å². The lowest BCUT2D eigenvalue weighted by Gasteiger charge is -2.31. The first-order valence-corrected chi connectivity index (χ1v) is 12.8. The van der Waals surface area contributed by atoms with Crippen LogP contribution in [0.5, 0.6) is 0 Å². The molecule has 34 heavy (non-hydrogen) atoms. The average molecular weight is 492 g/mol. The Morgan fingerprint density at radius 3 is 2.32 bits per heavy atom. The molecule has 1 saturated carbocycles. The van der Waals surface area contributed by atoms with Crippen LogP contribution in [0.2, 0.25) is 0 Å². The van der Waals surface area contributed by atoms with E-state index in [1.54, 1.807) is 0 Å².